The summed E-state index contributed by atoms with van der Waals surface area (Å²) in [5.74, 6) is 0.515. The molecule has 1 N–H and O–H groups in total. The van der Waals surface area contributed by atoms with E-state index in [1.807, 2.05) is 6.07 Å². The van der Waals surface area contributed by atoms with Crippen LogP contribution < -0.4 is 4.72 Å². The number of hydrogen-bond donors (Lipinski definition) is 1. The van der Waals surface area contributed by atoms with Gasteiger partial charge >= 0.3 is 0 Å². The second-order valence-electron chi connectivity index (χ2n) is 4.17. The van der Waals surface area contributed by atoms with E-state index >= 15 is 0 Å². The summed E-state index contributed by atoms with van der Waals surface area (Å²) in [6.07, 6.45) is 0.722. The van der Waals surface area contributed by atoms with Crippen LogP contribution in [0.4, 0.5) is 5.69 Å². The van der Waals surface area contributed by atoms with Gasteiger partial charge in [-0.25, -0.2) is 8.42 Å². The molecule has 6 heteroatoms. The van der Waals surface area contributed by atoms with E-state index in [1.165, 1.54) is 0 Å². The quantitative estimate of drug-likeness (QED) is 0.803. The zero-order valence-electron chi connectivity index (χ0n) is 10.5. The van der Waals surface area contributed by atoms with Crippen LogP contribution in [0.2, 0.25) is 0 Å². The third-order valence-corrected chi connectivity index (χ3v) is 5.00. The molecule has 0 saturated carbocycles. The molecule has 0 saturated heterocycles. The second kappa shape index (κ2) is 6.61. The van der Waals surface area contributed by atoms with Gasteiger partial charge in [0.25, 0.3) is 10.0 Å². The molecule has 0 unspecified atom stereocenters. The number of nitrogens with one attached hydrogen (secondary N) is 1. The Morgan fingerprint density at radius 2 is 1.70 bits per heavy atom. The predicted octanol–water partition coefficient (Wildman–Crippen LogP) is 4.03. The smallest absolute Gasteiger partial charge is 0.261 e. The second-order valence-corrected chi connectivity index (χ2v) is 7.08. The lowest BCUT2D eigenvalue weighted by molar-refractivity contribution is 0.601. The largest absolute Gasteiger partial charge is 0.278 e. The fourth-order valence-corrected chi connectivity index (χ4v) is 3.51. The van der Waals surface area contributed by atoms with Crippen LogP contribution in [-0.4, -0.2) is 14.3 Å². The first kappa shape index (κ1) is 15.4. The summed E-state index contributed by atoms with van der Waals surface area (Å²) in [6, 6.07) is 13.8. The Morgan fingerprint density at radius 1 is 1.05 bits per heavy atom. The van der Waals surface area contributed by atoms with Crippen LogP contribution in [0.5, 0.6) is 0 Å². The van der Waals surface area contributed by atoms with Crippen LogP contribution >= 0.6 is 27.5 Å². The number of aryl methyl sites for hydroxylation is 1. The number of hydrogen-bond acceptors (Lipinski definition) is 2. The summed E-state index contributed by atoms with van der Waals surface area (Å²) in [5, 5.41) is 0. The summed E-state index contributed by atoms with van der Waals surface area (Å²) in [6.45, 7) is 0. The molecule has 0 fully saturated rings. The molecule has 0 aliphatic rings. The molecular formula is C14H13BrClNO2S. The molecule has 0 amide bonds. The van der Waals surface area contributed by atoms with Crippen LogP contribution in [-0.2, 0) is 16.4 Å². The van der Waals surface area contributed by atoms with Crippen molar-refractivity contribution in [2.45, 2.75) is 11.3 Å². The van der Waals surface area contributed by atoms with Crippen molar-refractivity contribution in [1.29, 1.82) is 0 Å². The molecule has 2 rings (SSSR count). The fourth-order valence-electron chi connectivity index (χ4n) is 1.69. The first-order chi connectivity index (χ1) is 9.53. The number of anilines is 1. The summed E-state index contributed by atoms with van der Waals surface area (Å²) in [5.41, 5.74) is 1.53. The number of para-hydroxylation sites is 1. The molecule has 0 radical (unpaired) electrons. The fraction of sp³-hybridized carbons (Fsp3) is 0.143. The zero-order valence-corrected chi connectivity index (χ0v) is 13.7. The first-order valence-corrected chi connectivity index (χ1v) is 8.76. The van der Waals surface area contributed by atoms with Gasteiger partial charge < -0.3 is 0 Å². The van der Waals surface area contributed by atoms with E-state index in [2.05, 4.69) is 20.7 Å². The Labute approximate surface area is 132 Å². The average Bonchev–Trinajstić information content (AvgIpc) is 2.42. The van der Waals surface area contributed by atoms with Crippen molar-refractivity contribution in [1.82, 2.24) is 0 Å². The first-order valence-electron chi connectivity index (χ1n) is 5.95. The molecule has 0 atom stereocenters. The van der Waals surface area contributed by atoms with Crippen molar-refractivity contribution >= 4 is 43.2 Å². The molecule has 2 aromatic rings. The molecular weight excluding hydrogens is 362 g/mol. The molecule has 106 valence electrons. The standard InChI is InChI=1S/C14H13BrClNO2S/c15-13-3-1-2-4-14(13)17-20(18,19)12-7-5-11(6-8-12)9-10-16/h1-8,17H,9-10H2. The number of halogens is 2. The maximum absolute atomic E-state index is 12.3. The van der Waals surface area contributed by atoms with Crippen LogP contribution in [0.3, 0.4) is 0 Å². The Balaban J connectivity index is 2.24. The van der Waals surface area contributed by atoms with E-state index in [9.17, 15) is 8.42 Å². The molecule has 0 aliphatic carbocycles. The minimum absolute atomic E-state index is 0.228. The predicted molar refractivity (Wildman–Crippen MR) is 85.8 cm³/mol. The summed E-state index contributed by atoms with van der Waals surface area (Å²) in [4.78, 5) is 0.228. The maximum atomic E-state index is 12.3. The normalized spacial score (nSPS) is 11.3. The van der Waals surface area contributed by atoms with Gasteiger partial charge in [-0.15, -0.1) is 11.6 Å². The summed E-state index contributed by atoms with van der Waals surface area (Å²) < 4.78 is 27.8. The number of rotatable bonds is 5. The molecule has 0 spiro atoms. The highest BCUT2D eigenvalue weighted by Crippen LogP contribution is 2.24. The van der Waals surface area contributed by atoms with Crippen LogP contribution in [0.1, 0.15) is 5.56 Å². The van der Waals surface area contributed by atoms with Gasteiger partial charge in [-0.1, -0.05) is 24.3 Å². The number of sulfonamides is 1. The van der Waals surface area contributed by atoms with Crippen LogP contribution in [0.15, 0.2) is 57.9 Å². The highest BCUT2D eigenvalue weighted by atomic mass is 79.9. The lowest BCUT2D eigenvalue weighted by Gasteiger charge is -2.10. The van der Waals surface area contributed by atoms with Crippen molar-refractivity contribution in [2.75, 3.05) is 10.6 Å². The van der Waals surface area contributed by atoms with E-state index in [0.717, 1.165) is 12.0 Å². The molecule has 0 aliphatic heterocycles. The summed E-state index contributed by atoms with van der Waals surface area (Å²) in [7, 11) is -3.58. The highest BCUT2D eigenvalue weighted by Gasteiger charge is 2.15. The lowest BCUT2D eigenvalue weighted by atomic mass is 10.2. The van der Waals surface area contributed by atoms with E-state index in [4.69, 9.17) is 11.6 Å². The Bertz CT molecular complexity index is 687. The highest BCUT2D eigenvalue weighted by molar-refractivity contribution is 9.10. The maximum Gasteiger partial charge on any atom is 0.261 e. The van der Waals surface area contributed by atoms with E-state index in [-0.39, 0.29) is 4.90 Å². The van der Waals surface area contributed by atoms with Crippen molar-refractivity contribution in [3.05, 3.63) is 58.6 Å². The van der Waals surface area contributed by atoms with Gasteiger partial charge in [-0.3, -0.25) is 4.72 Å². The third-order valence-electron chi connectivity index (χ3n) is 2.73. The van der Waals surface area contributed by atoms with Crippen molar-refractivity contribution in [3.63, 3.8) is 0 Å². The lowest BCUT2D eigenvalue weighted by Crippen LogP contribution is -2.13. The number of alkyl halides is 1. The van der Waals surface area contributed by atoms with Crippen LogP contribution in [0, 0.1) is 0 Å². The van der Waals surface area contributed by atoms with Crippen LogP contribution in [0.25, 0.3) is 0 Å². The topological polar surface area (TPSA) is 46.2 Å². The average molecular weight is 375 g/mol. The van der Waals surface area contributed by atoms with Crippen molar-refractivity contribution < 1.29 is 8.42 Å². The number of benzene rings is 2. The van der Waals surface area contributed by atoms with Gasteiger partial charge in [0.2, 0.25) is 0 Å². The van der Waals surface area contributed by atoms with E-state index < -0.39 is 10.0 Å². The van der Waals surface area contributed by atoms with Gasteiger partial charge in [-0.2, -0.15) is 0 Å². The molecule has 0 aromatic heterocycles. The molecule has 20 heavy (non-hydrogen) atoms. The Kier molecular flexibility index (Phi) is 5.07. The van der Waals surface area contributed by atoms with Crippen molar-refractivity contribution in [3.8, 4) is 0 Å². The summed E-state index contributed by atoms with van der Waals surface area (Å²) >= 11 is 8.97. The zero-order chi connectivity index (χ0) is 14.6. The van der Waals surface area contributed by atoms with Gasteiger partial charge in [0.15, 0.2) is 0 Å². The monoisotopic (exact) mass is 373 g/mol. The van der Waals surface area contributed by atoms with Gasteiger partial charge in [0, 0.05) is 10.4 Å². The SMILES string of the molecule is O=S(=O)(Nc1ccccc1Br)c1ccc(CCCl)cc1. The molecule has 2 aromatic carbocycles. The van der Waals surface area contributed by atoms with Gasteiger partial charge in [0.05, 0.1) is 10.6 Å². The van der Waals surface area contributed by atoms with Gasteiger partial charge in [0.1, 0.15) is 0 Å². The van der Waals surface area contributed by atoms with Gasteiger partial charge in [-0.05, 0) is 52.2 Å². The Morgan fingerprint density at radius 3 is 2.30 bits per heavy atom. The molecule has 3 nitrogen and oxygen atoms in total. The third kappa shape index (κ3) is 3.75. The minimum Gasteiger partial charge on any atom is -0.278 e. The van der Waals surface area contributed by atoms with E-state index in [1.54, 1.807) is 42.5 Å². The minimum atomic E-state index is -3.58. The molecule has 0 heterocycles. The van der Waals surface area contributed by atoms with Crippen molar-refractivity contribution in [2.24, 2.45) is 0 Å². The van der Waals surface area contributed by atoms with E-state index in [0.29, 0.717) is 16.0 Å². The molecule has 0 bridgehead atoms. The Hall–Kier alpha value is -1.04.